The lowest BCUT2D eigenvalue weighted by Crippen LogP contribution is -2.30. The number of rotatable bonds is 9. The number of sulfonamides is 1. The van der Waals surface area contributed by atoms with E-state index in [0.717, 1.165) is 0 Å². The van der Waals surface area contributed by atoms with E-state index < -0.39 is 22.5 Å². The third-order valence-electron chi connectivity index (χ3n) is 4.13. The maximum absolute atomic E-state index is 12.2. The molecule has 0 saturated carbocycles. The number of carbonyl (C=O) groups excluding carboxylic acids is 2. The Bertz CT molecular complexity index is 1190. The molecule has 1 aromatic heterocycles. The van der Waals surface area contributed by atoms with Gasteiger partial charge in [-0.15, -0.1) is 0 Å². The molecule has 31 heavy (non-hydrogen) atoms. The SMILES string of the molecule is COc1cccc(-c2noc(COC(=O)CNS(=O)(=O)c3ccc(C(C)=O)cc3)n2)c1. The van der Waals surface area contributed by atoms with Crippen LogP contribution >= 0.6 is 0 Å². The average molecular weight is 445 g/mol. The molecule has 0 fully saturated rings. The molecule has 0 unspecified atom stereocenters. The van der Waals surface area contributed by atoms with Gasteiger partial charge in [0.2, 0.25) is 15.8 Å². The van der Waals surface area contributed by atoms with Gasteiger partial charge in [0.1, 0.15) is 12.3 Å². The third-order valence-corrected chi connectivity index (χ3v) is 5.55. The number of aromatic nitrogens is 2. The van der Waals surface area contributed by atoms with E-state index in [-0.39, 0.29) is 23.2 Å². The largest absolute Gasteiger partial charge is 0.497 e. The van der Waals surface area contributed by atoms with E-state index in [1.807, 2.05) is 0 Å². The van der Waals surface area contributed by atoms with Crippen molar-refractivity contribution in [2.75, 3.05) is 13.7 Å². The van der Waals surface area contributed by atoms with Crippen molar-refractivity contribution in [3.63, 3.8) is 0 Å². The van der Waals surface area contributed by atoms with E-state index in [1.54, 1.807) is 24.3 Å². The van der Waals surface area contributed by atoms with Crippen molar-refractivity contribution < 1.29 is 32.0 Å². The maximum Gasteiger partial charge on any atom is 0.321 e. The third kappa shape index (κ3) is 5.74. The Morgan fingerprint density at radius 3 is 2.55 bits per heavy atom. The van der Waals surface area contributed by atoms with Gasteiger partial charge < -0.3 is 14.0 Å². The maximum atomic E-state index is 12.2. The fourth-order valence-corrected chi connectivity index (χ4v) is 3.46. The minimum absolute atomic E-state index is 0.0499. The van der Waals surface area contributed by atoms with Crippen LogP contribution in [0.4, 0.5) is 0 Å². The van der Waals surface area contributed by atoms with Crippen molar-refractivity contribution in [2.24, 2.45) is 0 Å². The molecular weight excluding hydrogens is 426 g/mol. The monoisotopic (exact) mass is 445 g/mol. The summed E-state index contributed by atoms with van der Waals surface area (Å²) in [4.78, 5) is 27.2. The Morgan fingerprint density at radius 1 is 1.13 bits per heavy atom. The number of methoxy groups -OCH3 is 1. The van der Waals surface area contributed by atoms with Crippen molar-refractivity contribution in [3.05, 3.63) is 60.0 Å². The molecule has 0 spiro atoms. The number of hydrogen-bond donors (Lipinski definition) is 1. The number of ketones is 1. The van der Waals surface area contributed by atoms with Crippen LogP contribution < -0.4 is 9.46 Å². The highest BCUT2D eigenvalue weighted by atomic mass is 32.2. The smallest absolute Gasteiger partial charge is 0.321 e. The second-order valence-corrected chi connectivity index (χ2v) is 8.08. The molecule has 0 aliphatic rings. The van der Waals surface area contributed by atoms with Crippen molar-refractivity contribution in [2.45, 2.75) is 18.4 Å². The molecular formula is C20H19N3O7S. The Hall–Kier alpha value is -3.57. The van der Waals surface area contributed by atoms with E-state index in [0.29, 0.717) is 22.7 Å². The molecule has 0 saturated heterocycles. The van der Waals surface area contributed by atoms with E-state index >= 15 is 0 Å². The Balaban J connectivity index is 1.53. The Kier molecular flexibility index (Phi) is 6.78. The summed E-state index contributed by atoms with van der Waals surface area (Å²) in [5, 5.41) is 3.82. The molecule has 11 heteroatoms. The zero-order chi connectivity index (χ0) is 22.4. The van der Waals surface area contributed by atoms with Crippen LogP contribution in [0.15, 0.2) is 57.9 Å². The van der Waals surface area contributed by atoms with Gasteiger partial charge in [0, 0.05) is 11.1 Å². The van der Waals surface area contributed by atoms with Crippen LogP contribution in [0.1, 0.15) is 23.2 Å². The standard InChI is InChI=1S/C20H19N3O7S/c1-13(24)14-6-8-17(9-7-14)31(26,27)21-11-19(25)29-12-18-22-20(23-30-18)15-4-3-5-16(10-15)28-2/h3-10,21H,11-12H2,1-2H3. The van der Waals surface area contributed by atoms with Gasteiger partial charge in [-0.05, 0) is 31.2 Å². The van der Waals surface area contributed by atoms with Gasteiger partial charge in [-0.2, -0.15) is 9.71 Å². The first-order valence-electron chi connectivity index (χ1n) is 9.02. The lowest BCUT2D eigenvalue weighted by molar-refractivity contribution is -0.144. The van der Waals surface area contributed by atoms with Gasteiger partial charge in [-0.25, -0.2) is 8.42 Å². The van der Waals surface area contributed by atoms with Crippen LogP contribution in [0.25, 0.3) is 11.4 Å². The topological polar surface area (TPSA) is 138 Å². The van der Waals surface area contributed by atoms with Crippen molar-refractivity contribution in [3.8, 4) is 17.1 Å². The lowest BCUT2D eigenvalue weighted by Gasteiger charge is -2.07. The lowest BCUT2D eigenvalue weighted by atomic mass is 10.2. The molecule has 10 nitrogen and oxygen atoms in total. The van der Waals surface area contributed by atoms with E-state index in [2.05, 4.69) is 14.9 Å². The van der Waals surface area contributed by atoms with Gasteiger partial charge in [0.25, 0.3) is 5.89 Å². The highest BCUT2D eigenvalue weighted by Gasteiger charge is 2.17. The molecule has 2 aromatic carbocycles. The van der Waals surface area contributed by atoms with Crippen LogP contribution in [0.5, 0.6) is 5.75 Å². The minimum Gasteiger partial charge on any atom is -0.497 e. The summed E-state index contributed by atoms with van der Waals surface area (Å²) >= 11 is 0. The molecule has 0 aliphatic heterocycles. The molecule has 1 N–H and O–H groups in total. The number of ether oxygens (including phenoxy) is 2. The summed E-state index contributed by atoms with van der Waals surface area (Å²) in [6.07, 6.45) is 0. The molecule has 0 bridgehead atoms. The predicted molar refractivity (Wildman–Crippen MR) is 108 cm³/mol. The van der Waals surface area contributed by atoms with Crippen molar-refractivity contribution >= 4 is 21.8 Å². The predicted octanol–water partition coefficient (Wildman–Crippen LogP) is 1.97. The molecule has 162 valence electrons. The highest BCUT2D eigenvalue weighted by molar-refractivity contribution is 7.89. The number of nitrogens with zero attached hydrogens (tertiary/aromatic N) is 2. The van der Waals surface area contributed by atoms with Gasteiger partial charge in [-0.1, -0.05) is 29.4 Å². The molecule has 0 aliphatic carbocycles. The van der Waals surface area contributed by atoms with Crippen LogP contribution in [-0.4, -0.2) is 44.0 Å². The number of carbonyl (C=O) groups is 2. The summed E-state index contributed by atoms with van der Waals surface area (Å²) in [5.41, 5.74) is 1.04. The van der Waals surface area contributed by atoms with E-state index in [1.165, 1.54) is 38.3 Å². The number of esters is 1. The Labute approximate surface area is 178 Å². The van der Waals surface area contributed by atoms with Gasteiger partial charge in [0.15, 0.2) is 12.4 Å². The van der Waals surface area contributed by atoms with Gasteiger partial charge in [0.05, 0.1) is 12.0 Å². The highest BCUT2D eigenvalue weighted by Crippen LogP contribution is 2.21. The summed E-state index contributed by atoms with van der Waals surface area (Å²) in [6.45, 7) is 0.472. The van der Waals surface area contributed by atoms with Crippen LogP contribution in [0.3, 0.4) is 0 Å². The van der Waals surface area contributed by atoms with Crippen molar-refractivity contribution in [1.82, 2.24) is 14.9 Å². The van der Waals surface area contributed by atoms with Crippen LogP contribution in [0.2, 0.25) is 0 Å². The molecule has 0 radical (unpaired) electrons. The van der Waals surface area contributed by atoms with Gasteiger partial charge in [-0.3, -0.25) is 9.59 Å². The van der Waals surface area contributed by atoms with Crippen molar-refractivity contribution in [1.29, 1.82) is 0 Å². The Morgan fingerprint density at radius 2 is 1.87 bits per heavy atom. The fourth-order valence-electron chi connectivity index (χ4n) is 2.49. The number of nitrogens with one attached hydrogen (secondary N) is 1. The number of Topliss-reactive ketones (excluding diaryl/α,β-unsaturated/α-hetero) is 1. The molecule has 1 heterocycles. The summed E-state index contributed by atoms with van der Waals surface area (Å²) in [5.74, 6) is -0.0480. The molecule has 0 amide bonds. The number of hydrogen-bond acceptors (Lipinski definition) is 9. The summed E-state index contributed by atoms with van der Waals surface area (Å²) < 4.78 is 41.8. The molecule has 0 atom stereocenters. The molecule has 3 aromatic rings. The zero-order valence-electron chi connectivity index (χ0n) is 16.7. The fraction of sp³-hybridized carbons (Fsp3) is 0.200. The van der Waals surface area contributed by atoms with Crippen LogP contribution in [0, 0.1) is 0 Å². The quantitative estimate of drug-likeness (QED) is 0.387. The van der Waals surface area contributed by atoms with Gasteiger partial charge >= 0.3 is 5.97 Å². The summed E-state index contributed by atoms with van der Waals surface area (Å²) in [7, 11) is -2.41. The second kappa shape index (κ2) is 9.49. The molecule has 3 rings (SSSR count). The first kappa shape index (κ1) is 22.1. The van der Waals surface area contributed by atoms with E-state index in [9.17, 15) is 18.0 Å². The van der Waals surface area contributed by atoms with Crippen LogP contribution in [-0.2, 0) is 26.2 Å². The zero-order valence-corrected chi connectivity index (χ0v) is 17.5. The minimum atomic E-state index is -3.94. The average Bonchev–Trinajstić information content (AvgIpc) is 3.25. The normalized spacial score (nSPS) is 11.2. The second-order valence-electron chi connectivity index (χ2n) is 6.31. The first-order valence-corrected chi connectivity index (χ1v) is 10.5. The first-order chi connectivity index (χ1) is 14.8. The van der Waals surface area contributed by atoms with E-state index in [4.69, 9.17) is 14.0 Å². The number of benzene rings is 2. The summed E-state index contributed by atoms with van der Waals surface area (Å²) in [6, 6.07) is 12.4.